The van der Waals surface area contributed by atoms with Gasteiger partial charge in [-0.15, -0.1) is 0 Å². The summed E-state index contributed by atoms with van der Waals surface area (Å²) in [5.41, 5.74) is 8.72. The largest absolute Gasteiger partial charge is 0.348 e. The minimum absolute atomic E-state index is 0.0194. The van der Waals surface area contributed by atoms with Crippen molar-refractivity contribution in [3.8, 4) is 0 Å². The van der Waals surface area contributed by atoms with Crippen molar-refractivity contribution in [2.75, 3.05) is 13.1 Å². The highest BCUT2D eigenvalue weighted by atomic mass is 16.2. The first-order valence-electron chi connectivity index (χ1n) is 9.13. The molecule has 1 aliphatic heterocycles. The lowest BCUT2D eigenvalue weighted by molar-refractivity contribution is -0.127. The standard InChI is InChI=1S/C20H33N3O/c1-6-16-7-9-17(10-8-16)14(2)22-19(24)15(3)23-12-11-18(21)20(4,5)13-23/h7-10,14-15,18H,6,11-13,21H2,1-5H3,(H,22,24). The van der Waals surface area contributed by atoms with Crippen LogP contribution in [0.5, 0.6) is 0 Å². The molecule has 1 fully saturated rings. The number of likely N-dealkylation sites (tertiary alicyclic amines) is 1. The van der Waals surface area contributed by atoms with Crippen LogP contribution in [0.25, 0.3) is 0 Å². The Hall–Kier alpha value is -1.39. The van der Waals surface area contributed by atoms with Crippen LogP contribution >= 0.6 is 0 Å². The smallest absolute Gasteiger partial charge is 0.237 e. The Kier molecular flexibility index (Phi) is 6.05. The van der Waals surface area contributed by atoms with Gasteiger partial charge in [0.25, 0.3) is 0 Å². The molecule has 0 bridgehead atoms. The van der Waals surface area contributed by atoms with Crippen LogP contribution in [0.4, 0.5) is 0 Å². The number of aryl methyl sites for hydroxylation is 1. The Balaban J connectivity index is 1.95. The van der Waals surface area contributed by atoms with Gasteiger partial charge in [0.05, 0.1) is 12.1 Å². The number of carbonyl (C=O) groups is 1. The van der Waals surface area contributed by atoms with Gasteiger partial charge < -0.3 is 11.1 Å². The average Bonchev–Trinajstić information content (AvgIpc) is 2.56. The van der Waals surface area contributed by atoms with E-state index in [1.165, 1.54) is 5.56 Å². The molecule has 1 aliphatic rings. The number of nitrogens with one attached hydrogen (secondary N) is 1. The van der Waals surface area contributed by atoms with Crippen molar-refractivity contribution in [2.45, 2.75) is 65.6 Å². The fourth-order valence-electron chi connectivity index (χ4n) is 3.37. The predicted octanol–water partition coefficient (Wildman–Crippen LogP) is 2.87. The Labute approximate surface area is 146 Å². The Morgan fingerprint density at radius 1 is 1.33 bits per heavy atom. The summed E-state index contributed by atoms with van der Waals surface area (Å²) in [7, 11) is 0. The molecule has 2 rings (SSSR count). The van der Waals surface area contributed by atoms with Crippen LogP contribution < -0.4 is 11.1 Å². The molecule has 1 amide bonds. The van der Waals surface area contributed by atoms with Crippen molar-refractivity contribution in [2.24, 2.45) is 11.1 Å². The third kappa shape index (κ3) is 4.37. The fraction of sp³-hybridized carbons (Fsp3) is 0.650. The second kappa shape index (κ2) is 7.66. The van der Waals surface area contributed by atoms with E-state index in [0.29, 0.717) is 0 Å². The summed E-state index contributed by atoms with van der Waals surface area (Å²) in [6, 6.07) is 8.58. The van der Waals surface area contributed by atoms with Crippen LogP contribution in [0.1, 0.15) is 58.2 Å². The molecule has 3 atom stereocenters. The third-order valence-electron chi connectivity index (χ3n) is 5.52. The van der Waals surface area contributed by atoms with Crippen molar-refractivity contribution < 1.29 is 4.79 Å². The van der Waals surface area contributed by atoms with E-state index < -0.39 is 0 Å². The molecule has 0 saturated carbocycles. The fourth-order valence-corrected chi connectivity index (χ4v) is 3.37. The zero-order valence-corrected chi connectivity index (χ0v) is 15.8. The topological polar surface area (TPSA) is 58.4 Å². The van der Waals surface area contributed by atoms with Crippen LogP contribution in [0.3, 0.4) is 0 Å². The molecule has 3 N–H and O–H groups in total. The van der Waals surface area contributed by atoms with Gasteiger partial charge in [0.1, 0.15) is 0 Å². The molecule has 0 spiro atoms. The molecule has 1 aromatic carbocycles. The first kappa shape index (κ1) is 18.9. The van der Waals surface area contributed by atoms with E-state index in [2.05, 4.69) is 55.3 Å². The van der Waals surface area contributed by atoms with Gasteiger partial charge in [0, 0.05) is 19.1 Å². The maximum atomic E-state index is 12.7. The predicted molar refractivity (Wildman–Crippen MR) is 99.8 cm³/mol. The second-order valence-corrected chi connectivity index (χ2v) is 7.86. The number of piperidine rings is 1. The number of hydrogen-bond acceptors (Lipinski definition) is 3. The second-order valence-electron chi connectivity index (χ2n) is 7.86. The van der Waals surface area contributed by atoms with Gasteiger partial charge in [-0.3, -0.25) is 9.69 Å². The number of benzene rings is 1. The maximum absolute atomic E-state index is 12.7. The highest BCUT2D eigenvalue weighted by molar-refractivity contribution is 5.81. The molecule has 3 unspecified atom stereocenters. The number of hydrogen-bond donors (Lipinski definition) is 2. The van der Waals surface area contributed by atoms with Crippen LogP contribution in [0.2, 0.25) is 0 Å². The molecule has 0 radical (unpaired) electrons. The Bertz CT molecular complexity index is 553. The average molecular weight is 332 g/mol. The molecule has 0 aliphatic carbocycles. The van der Waals surface area contributed by atoms with Crippen molar-refractivity contribution in [1.82, 2.24) is 10.2 Å². The summed E-state index contributed by atoms with van der Waals surface area (Å²) < 4.78 is 0. The number of amides is 1. The first-order valence-corrected chi connectivity index (χ1v) is 9.13. The molecule has 1 aromatic rings. The lowest BCUT2D eigenvalue weighted by Gasteiger charge is -2.44. The number of rotatable bonds is 5. The lowest BCUT2D eigenvalue weighted by atomic mass is 9.79. The monoisotopic (exact) mass is 331 g/mol. The maximum Gasteiger partial charge on any atom is 0.237 e. The van der Waals surface area contributed by atoms with Crippen molar-refractivity contribution in [3.63, 3.8) is 0 Å². The van der Waals surface area contributed by atoms with Gasteiger partial charge in [-0.1, -0.05) is 45.0 Å². The van der Waals surface area contributed by atoms with E-state index in [9.17, 15) is 4.79 Å². The van der Waals surface area contributed by atoms with Crippen LogP contribution in [0.15, 0.2) is 24.3 Å². The van der Waals surface area contributed by atoms with E-state index in [-0.39, 0.29) is 29.4 Å². The van der Waals surface area contributed by atoms with Gasteiger partial charge in [-0.05, 0) is 43.2 Å². The summed E-state index contributed by atoms with van der Waals surface area (Å²) in [6.45, 7) is 12.3. The molecular weight excluding hydrogens is 298 g/mol. The number of carbonyl (C=O) groups excluding carboxylic acids is 1. The summed E-state index contributed by atoms with van der Waals surface area (Å²) in [5.74, 6) is 0.0911. The minimum atomic E-state index is -0.130. The highest BCUT2D eigenvalue weighted by Crippen LogP contribution is 2.29. The van der Waals surface area contributed by atoms with Crippen LogP contribution in [-0.2, 0) is 11.2 Å². The summed E-state index contributed by atoms with van der Waals surface area (Å²) in [5, 5.41) is 3.16. The molecule has 1 saturated heterocycles. The van der Waals surface area contributed by atoms with Gasteiger partial charge in [0.15, 0.2) is 0 Å². The molecule has 134 valence electrons. The van der Waals surface area contributed by atoms with E-state index >= 15 is 0 Å². The van der Waals surface area contributed by atoms with Gasteiger partial charge in [0.2, 0.25) is 5.91 Å². The van der Waals surface area contributed by atoms with E-state index in [1.54, 1.807) is 0 Å². The van der Waals surface area contributed by atoms with E-state index in [4.69, 9.17) is 5.73 Å². The van der Waals surface area contributed by atoms with Crippen LogP contribution in [0, 0.1) is 5.41 Å². The summed E-state index contributed by atoms with van der Waals surface area (Å²) in [6.07, 6.45) is 1.98. The molecular formula is C20H33N3O. The molecule has 4 nitrogen and oxygen atoms in total. The molecule has 24 heavy (non-hydrogen) atoms. The summed E-state index contributed by atoms with van der Waals surface area (Å²) >= 11 is 0. The minimum Gasteiger partial charge on any atom is -0.348 e. The van der Waals surface area contributed by atoms with Gasteiger partial charge in [-0.2, -0.15) is 0 Å². The third-order valence-corrected chi connectivity index (χ3v) is 5.52. The normalized spacial score (nSPS) is 23.5. The van der Waals surface area contributed by atoms with Gasteiger partial charge >= 0.3 is 0 Å². The molecule has 0 aromatic heterocycles. The van der Waals surface area contributed by atoms with Crippen LogP contribution in [-0.4, -0.2) is 36.0 Å². The zero-order chi connectivity index (χ0) is 17.9. The van der Waals surface area contributed by atoms with E-state index in [0.717, 1.165) is 31.5 Å². The summed E-state index contributed by atoms with van der Waals surface area (Å²) in [4.78, 5) is 14.9. The highest BCUT2D eigenvalue weighted by Gasteiger charge is 2.36. The number of nitrogens with two attached hydrogens (primary N) is 1. The Morgan fingerprint density at radius 3 is 2.50 bits per heavy atom. The molecule has 4 heteroatoms. The number of nitrogens with zero attached hydrogens (tertiary/aromatic N) is 1. The SMILES string of the molecule is CCc1ccc(C(C)NC(=O)C(C)N2CCC(N)C(C)(C)C2)cc1. The van der Waals surface area contributed by atoms with Gasteiger partial charge in [-0.25, -0.2) is 0 Å². The van der Waals surface area contributed by atoms with E-state index in [1.807, 2.05) is 13.8 Å². The quantitative estimate of drug-likeness (QED) is 0.872. The first-order chi connectivity index (χ1) is 11.2. The lowest BCUT2D eigenvalue weighted by Crippen LogP contribution is -2.57. The molecule has 1 heterocycles. The van der Waals surface area contributed by atoms with Crippen molar-refractivity contribution in [1.29, 1.82) is 0 Å². The zero-order valence-electron chi connectivity index (χ0n) is 15.8. The van der Waals surface area contributed by atoms with Crippen molar-refractivity contribution in [3.05, 3.63) is 35.4 Å². The van der Waals surface area contributed by atoms with Crippen molar-refractivity contribution >= 4 is 5.91 Å². The Morgan fingerprint density at radius 2 is 1.96 bits per heavy atom.